The molecule has 1 aromatic heterocycles. The molecular formula is C20H28N4O3. The Bertz CT molecular complexity index is 725. The van der Waals surface area contributed by atoms with Gasteiger partial charge in [0.1, 0.15) is 0 Å². The van der Waals surface area contributed by atoms with Crippen LogP contribution in [0, 0.1) is 0 Å². The number of amides is 2. The summed E-state index contributed by atoms with van der Waals surface area (Å²) in [6, 6.07) is 6.03. The lowest BCUT2D eigenvalue weighted by atomic mass is 9.80. The molecule has 2 N–H and O–H groups in total. The van der Waals surface area contributed by atoms with Crippen molar-refractivity contribution in [3.8, 4) is 0 Å². The molecular weight excluding hydrogens is 344 g/mol. The van der Waals surface area contributed by atoms with Gasteiger partial charge in [-0.1, -0.05) is 12.1 Å². The number of rotatable bonds is 8. The summed E-state index contributed by atoms with van der Waals surface area (Å²) in [5.41, 5.74) is 4.50. The quantitative estimate of drug-likeness (QED) is 0.747. The highest BCUT2D eigenvalue weighted by Gasteiger charge is 2.25. The number of ether oxygens (including phenoxy) is 2. The number of aromatic nitrogens is 2. The van der Waals surface area contributed by atoms with Crippen molar-refractivity contribution in [2.75, 3.05) is 45.8 Å². The van der Waals surface area contributed by atoms with Crippen LogP contribution in [0.15, 0.2) is 30.7 Å². The molecule has 1 unspecified atom stereocenters. The van der Waals surface area contributed by atoms with Crippen molar-refractivity contribution in [1.82, 2.24) is 14.9 Å². The number of anilines is 1. The van der Waals surface area contributed by atoms with Gasteiger partial charge in [-0.2, -0.15) is 0 Å². The molecule has 2 aromatic rings. The first kappa shape index (κ1) is 19.4. The fourth-order valence-corrected chi connectivity index (χ4v) is 3.66. The molecule has 0 saturated heterocycles. The Kier molecular flexibility index (Phi) is 6.84. The number of hydrogen-bond donors (Lipinski definition) is 2. The van der Waals surface area contributed by atoms with Crippen molar-refractivity contribution >= 4 is 11.7 Å². The molecule has 0 saturated carbocycles. The van der Waals surface area contributed by atoms with E-state index in [1.165, 1.54) is 11.1 Å². The minimum atomic E-state index is -0.124. The maximum absolute atomic E-state index is 12.8. The van der Waals surface area contributed by atoms with Crippen LogP contribution in [0.2, 0.25) is 0 Å². The second kappa shape index (κ2) is 9.53. The molecule has 2 amide bonds. The van der Waals surface area contributed by atoms with Crippen molar-refractivity contribution in [3.63, 3.8) is 0 Å². The summed E-state index contributed by atoms with van der Waals surface area (Å²) >= 11 is 0. The number of fused-ring (bicyclic) bond motifs is 1. The van der Waals surface area contributed by atoms with E-state index in [0.717, 1.165) is 30.6 Å². The maximum Gasteiger partial charge on any atom is 0.322 e. The van der Waals surface area contributed by atoms with Gasteiger partial charge in [0.2, 0.25) is 0 Å². The van der Waals surface area contributed by atoms with Gasteiger partial charge >= 0.3 is 6.03 Å². The third-order valence-electron chi connectivity index (χ3n) is 5.06. The molecule has 7 nitrogen and oxygen atoms in total. The Morgan fingerprint density at radius 3 is 2.74 bits per heavy atom. The zero-order valence-electron chi connectivity index (χ0n) is 16.0. The van der Waals surface area contributed by atoms with E-state index >= 15 is 0 Å². The first-order valence-corrected chi connectivity index (χ1v) is 9.38. The van der Waals surface area contributed by atoms with Gasteiger partial charge in [0.25, 0.3) is 0 Å². The Morgan fingerprint density at radius 1 is 1.30 bits per heavy atom. The first-order chi connectivity index (χ1) is 13.2. The predicted molar refractivity (Wildman–Crippen MR) is 104 cm³/mol. The van der Waals surface area contributed by atoms with Gasteiger partial charge in [-0.05, 0) is 36.5 Å². The molecule has 27 heavy (non-hydrogen) atoms. The minimum Gasteiger partial charge on any atom is -0.383 e. The number of urea groups is 1. The van der Waals surface area contributed by atoms with Crippen LogP contribution in [-0.4, -0.2) is 61.4 Å². The number of benzene rings is 1. The molecule has 1 aromatic carbocycles. The van der Waals surface area contributed by atoms with Gasteiger partial charge in [0, 0.05) is 50.8 Å². The zero-order chi connectivity index (χ0) is 19.1. The number of carbonyl (C=O) groups is 1. The fraction of sp³-hybridized carbons (Fsp3) is 0.500. The van der Waals surface area contributed by atoms with Gasteiger partial charge in [-0.3, -0.25) is 0 Å². The van der Waals surface area contributed by atoms with Gasteiger partial charge in [-0.25, -0.2) is 9.78 Å². The average Bonchev–Trinajstić information content (AvgIpc) is 3.22. The van der Waals surface area contributed by atoms with Crippen LogP contribution in [0.5, 0.6) is 0 Å². The number of imidazole rings is 1. The molecule has 0 bridgehead atoms. The molecule has 1 aliphatic rings. The van der Waals surface area contributed by atoms with Crippen LogP contribution in [0.4, 0.5) is 10.5 Å². The standard InChI is InChI=1S/C20H28N4O3/c1-26-11-9-24(10-12-27-2)20(25)23-18-8-4-5-15-16(18)6-3-7-17(15)19-13-21-14-22-19/h4-5,8,13-14,17H,3,6-7,9-12H2,1-2H3,(H,21,22)(H,23,25). The summed E-state index contributed by atoms with van der Waals surface area (Å²) in [6.07, 6.45) is 6.74. The Morgan fingerprint density at radius 2 is 2.07 bits per heavy atom. The SMILES string of the molecule is COCCN(CCOC)C(=O)Nc1cccc2c1CCCC2c1cnc[nH]1. The summed E-state index contributed by atoms with van der Waals surface area (Å²) in [5.74, 6) is 0.297. The van der Waals surface area contributed by atoms with Crippen molar-refractivity contribution in [3.05, 3.63) is 47.5 Å². The summed E-state index contributed by atoms with van der Waals surface area (Å²) in [5, 5.41) is 3.10. The lowest BCUT2D eigenvalue weighted by Gasteiger charge is -2.28. The molecule has 146 valence electrons. The number of methoxy groups -OCH3 is 2. The van der Waals surface area contributed by atoms with Gasteiger partial charge < -0.3 is 24.7 Å². The molecule has 7 heteroatoms. The second-order valence-electron chi connectivity index (χ2n) is 6.73. The van der Waals surface area contributed by atoms with E-state index in [2.05, 4.69) is 21.4 Å². The molecule has 0 fully saturated rings. The van der Waals surface area contributed by atoms with E-state index in [9.17, 15) is 4.79 Å². The van der Waals surface area contributed by atoms with Gasteiger partial charge in [0.05, 0.1) is 19.5 Å². The monoisotopic (exact) mass is 372 g/mol. The van der Waals surface area contributed by atoms with Crippen LogP contribution < -0.4 is 5.32 Å². The highest BCUT2D eigenvalue weighted by Crippen LogP contribution is 2.38. The Labute approximate surface area is 160 Å². The van der Waals surface area contributed by atoms with Crippen LogP contribution in [0.1, 0.15) is 35.6 Å². The van der Waals surface area contributed by atoms with Crippen molar-refractivity contribution in [2.24, 2.45) is 0 Å². The molecule has 1 aliphatic carbocycles. The highest BCUT2D eigenvalue weighted by atomic mass is 16.5. The average molecular weight is 372 g/mol. The van der Waals surface area contributed by atoms with Crippen molar-refractivity contribution in [2.45, 2.75) is 25.2 Å². The highest BCUT2D eigenvalue weighted by molar-refractivity contribution is 5.90. The van der Waals surface area contributed by atoms with E-state index in [1.807, 2.05) is 18.3 Å². The third kappa shape index (κ3) is 4.67. The largest absolute Gasteiger partial charge is 0.383 e. The third-order valence-corrected chi connectivity index (χ3v) is 5.06. The lowest BCUT2D eigenvalue weighted by Crippen LogP contribution is -2.39. The van der Waals surface area contributed by atoms with Crippen LogP contribution >= 0.6 is 0 Å². The molecule has 0 aliphatic heterocycles. The molecule has 0 spiro atoms. The summed E-state index contributed by atoms with van der Waals surface area (Å²) in [6.45, 7) is 2.03. The molecule has 0 radical (unpaired) electrons. The second-order valence-corrected chi connectivity index (χ2v) is 6.73. The van der Waals surface area contributed by atoms with Crippen molar-refractivity contribution < 1.29 is 14.3 Å². The smallest absolute Gasteiger partial charge is 0.322 e. The number of nitrogens with one attached hydrogen (secondary N) is 2. The topological polar surface area (TPSA) is 79.5 Å². The minimum absolute atomic E-state index is 0.124. The predicted octanol–water partition coefficient (Wildman–Crippen LogP) is 3.00. The van der Waals surface area contributed by atoms with Gasteiger partial charge in [-0.15, -0.1) is 0 Å². The Hall–Kier alpha value is -2.38. The summed E-state index contributed by atoms with van der Waals surface area (Å²) < 4.78 is 10.3. The molecule has 1 heterocycles. The molecule has 1 atom stereocenters. The van der Waals surface area contributed by atoms with E-state index in [1.54, 1.807) is 25.4 Å². The van der Waals surface area contributed by atoms with Crippen LogP contribution in [-0.2, 0) is 15.9 Å². The first-order valence-electron chi connectivity index (χ1n) is 9.38. The molecule has 3 rings (SSSR count). The van der Waals surface area contributed by atoms with Crippen LogP contribution in [0.3, 0.4) is 0 Å². The Balaban J connectivity index is 1.79. The van der Waals surface area contributed by atoms with Crippen LogP contribution in [0.25, 0.3) is 0 Å². The number of nitrogens with zero attached hydrogens (tertiary/aromatic N) is 2. The summed E-state index contributed by atoms with van der Waals surface area (Å²) in [7, 11) is 3.27. The van der Waals surface area contributed by atoms with E-state index in [0.29, 0.717) is 32.2 Å². The van der Waals surface area contributed by atoms with Crippen molar-refractivity contribution in [1.29, 1.82) is 0 Å². The summed E-state index contributed by atoms with van der Waals surface area (Å²) in [4.78, 5) is 21.9. The fourth-order valence-electron chi connectivity index (χ4n) is 3.66. The number of aromatic amines is 1. The number of H-pyrrole nitrogens is 1. The lowest BCUT2D eigenvalue weighted by molar-refractivity contribution is 0.127. The normalized spacial score (nSPS) is 16.0. The van der Waals surface area contributed by atoms with Gasteiger partial charge in [0.15, 0.2) is 0 Å². The number of hydrogen-bond acceptors (Lipinski definition) is 4. The van der Waals surface area contributed by atoms with E-state index < -0.39 is 0 Å². The number of carbonyl (C=O) groups excluding carboxylic acids is 1. The van der Waals surface area contributed by atoms with E-state index in [4.69, 9.17) is 9.47 Å². The maximum atomic E-state index is 12.8. The zero-order valence-corrected chi connectivity index (χ0v) is 16.0. The van der Waals surface area contributed by atoms with E-state index in [-0.39, 0.29) is 6.03 Å².